The van der Waals surface area contributed by atoms with Gasteiger partial charge in [0.1, 0.15) is 5.82 Å². The van der Waals surface area contributed by atoms with E-state index in [-0.39, 0.29) is 0 Å². The van der Waals surface area contributed by atoms with E-state index in [2.05, 4.69) is 52.0 Å². The molecule has 4 heteroatoms. The number of hydrogen-bond acceptors (Lipinski definition) is 4. The Balaban J connectivity index is 1.47. The molecular formula is C18H24N4. The maximum absolute atomic E-state index is 5.63. The van der Waals surface area contributed by atoms with Crippen molar-refractivity contribution in [1.82, 2.24) is 14.8 Å². The molecule has 116 valence electrons. The van der Waals surface area contributed by atoms with Gasteiger partial charge in [0, 0.05) is 45.5 Å². The highest BCUT2D eigenvalue weighted by atomic mass is 15.3. The lowest BCUT2D eigenvalue weighted by Gasteiger charge is -2.34. The highest BCUT2D eigenvalue weighted by Crippen LogP contribution is 2.12. The molecule has 1 saturated heterocycles. The maximum atomic E-state index is 5.63. The minimum atomic E-state index is 0.590. The minimum Gasteiger partial charge on any atom is -0.384 e. The molecule has 1 fully saturated rings. The van der Waals surface area contributed by atoms with E-state index in [0.29, 0.717) is 5.82 Å². The van der Waals surface area contributed by atoms with Crippen LogP contribution in [-0.4, -0.2) is 41.0 Å². The summed E-state index contributed by atoms with van der Waals surface area (Å²) in [5.41, 5.74) is 9.60. The molecule has 0 spiro atoms. The van der Waals surface area contributed by atoms with E-state index < -0.39 is 0 Å². The van der Waals surface area contributed by atoms with E-state index >= 15 is 0 Å². The van der Waals surface area contributed by atoms with Gasteiger partial charge in [-0.2, -0.15) is 0 Å². The van der Waals surface area contributed by atoms with E-state index in [1.807, 2.05) is 12.3 Å². The van der Waals surface area contributed by atoms with Gasteiger partial charge in [-0.3, -0.25) is 9.80 Å². The molecule has 0 atom stereocenters. The van der Waals surface area contributed by atoms with Gasteiger partial charge in [-0.05, 0) is 24.1 Å². The predicted molar refractivity (Wildman–Crippen MR) is 90.4 cm³/mol. The van der Waals surface area contributed by atoms with Crippen molar-refractivity contribution in [3.8, 4) is 0 Å². The van der Waals surface area contributed by atoms with Crippen LogP contribution in [0.4, 0.5) is 5.82 Å². The summed E-state index contributed by atoms with van der Waals surface area (Å²) >= 11 is 0. The Labute approximate surface area is 132 Å². The third-order valence-electron chi connectivity index (χ3n) is 4.25. The first-order valence-corrected chi connectivity index (χ1v) is 7.90. The zero-order valence-corrected chi connectivity index (χ0v) is 13.2. The van der Waals surface area contributed by atoms with E-state index in [1.165, 1.54) is 16.7 Å². The van der Waals surface area contributed by atoms with Crippen LogP contribution in [0.1, 0.15) is 16.7 Å². The summed E-state index contributed by atoms with van der Waals surface area (Å²) in [5.74, 6) is 0.590. The monoisotopic (exact) mass is 296 g/mol. The molecule has 4 nitrogen and oxygen atoms in total. The maximum Gasteiger partial charge on any atom is 0.123 e. The van der Waals surface area contributed by atoms with E-state index in [1.54, 1.807) is 0 Å². The van der Waals surface area contributed by atoms with Crippen LogP contribution in [0, 0.1) is 6.92 Å². The Morgan fingerprint density at radius 2 is 1.41 bits per heavy atom. The van der Waals surface area contributed by atoms with Crippen LogP contribution in [-0.2, 0) is 13.1 Å². The molecule has 0 unspecified atom stereocenters. The van der Waals surface area contributed by atoms with Crippen molar-refractivity contribution in [2.24, 2.45) is 0 Å². The van der Waals surface area contributed by atoms with Gasteiger partial charge >= 0.3 is 0 Å². The average Bonchev–Trinajstić information content (AvgIpc) is 2.54. The molecule has 0 radical (unpaired) electrons. The third-order valence-corrected chi connectivity index (χ3v) is 4.25. The van der Waals surface area contributed by atoms with Gasteiger partial charge in [-0.15, -0.1) is 0 Å². The van der Waals surface area contributed by atoms with Gasteiger partial charge in [0.2, 0.25) is 0 Å². The summed E-state index contributed by atoms with van der Waals surface area (Å²) in [6, 6.07) is 12.8. The largest absolute Gasteiger partial charge is 0.384 e. The number of aryl methyl sites for hydroxylation is 1. The molecule has 1 aliphatic rings. The molecule has 3 rings (SSSR count). The number of aromatic nitrogens is 1. The van der Waals surface area contributed by atoms with Crippen molar-refractivity contribution in [2.75, 3.05) is 31.9 Å². The molecular weight excluding hydrogens is 272 g/mol. The second kappa shape index (κ2) is 6.90. The van der Waals surface area contributed by atoms with Crippen LogP contribution in [0.3, 0.4) is 0 Å². The van der Waals surface area contributed by atoms with Gasteiger partial charge in [-0.25, -0.2) is 4.98 Å². The molecule has 2 heterocycles. The number of benzene rings is 1. The number of nitrogens with zero attached hydrogens (tertiary/aromatic N) is 3. The summed E-state index contributed by atoms with van der Waals surface area (Å²) in [6.45, 7) is 8.61. The number of piperazine rings is 1. The zero-order valence-electron chi connectivity index (χ0n) is 13.2. The van der Waals surface area contributed by atoms with Crippen LogP contribution in [0.2, 0.25) is 0 Å². The first kappa shape index (κ1) is 15.0. The number of pyridine rings is 1. The number of anilines is 1. The Bertz CT molecular complexity index is 528. The van der Waals surface area contributed by atoms with E-state index in [4.69, 9.17) is 5.73 Å². The topological polar surface area (TPSA) is 45.4 Å². The number of hydrogen-bond donors (Lipinski definition) is 1. The molecule has 1 aliphatic heterocycles. The lowest BCUT2D eigenvalue weighted by molar-refractivity contribution is 0.122. The lowest BCUT2D eigenvalue weighted by Crippen LogP contribution is -2.45. The first-order chi connectivity index (χ1) is 10.7. The van der Waals surface area contributed by atoms with Crippen LogP contribution in [0.15, 0.2) is 42.6 Å². The van der Waals surface area contributed by atoms with Crippen molar-refractivity contribution in [3.63, 3.8) is 0 Å². The van der Waals surface area contributed by atoms with Crippen LogP contribution >= 0.6 is 0 Å². The minimum absolute atomic E-state index is 0.590. The summed E-state index contributed by atoms with van der Waals surface area (Å²) in [5, 5.41) is 0. The Kier molecular flexibility index (Phi) is 4.71. The van der Waals surface area contributed by atoms with E-state index in [9.17, 15) is 0 Å². The molecule has 22 heavy (non-hydrogen) atoms. The highest BCUT2D eigenvalue weighted by molar-refractivity contribution is 5.29. The average molecular weight is 296 g/mol. The molecule has 0 saturated carbocycles. The zero-order chi connectivity index (χ0) is 15.4. The molecule has 1 aromatic carbocycles. The quantitative estimate of drug-likeness (QED) is 0.940. The van der Waals surface area contributed by atoms with Gasteiger partial charge < -0.3 is 5.73 Å². The fraction of sp³-hybridized carbons (Fsp3) is 0.389. The number of nitrogen functional groups attached to an aromatic ring is 1. The molecule has 0 amide bonds. The summed E-state index contributed by atoms with van der Waals surface area (Å²) < 4.78 is 0. The number of rotatable bonds is 4. The van der Waals surface area contributed by atoms with Crippen molar-refractivity contribution in [1.29, 1.82) is 0 Å². The fourth-order valence-corrected chi connectivity index (χ4v) is 2.84. The van der Waals surface area contributed by atoms with Gasteiger partial charge in [-0.1, -0.05) is 35.9 Å². The second-order valence-electron chi connectivity index (χ2n) is 6.13. The standard InChI is InChI=1S/C18H24N4/c1-15-2-4-16(5-3-15)13-21-8-10-22(11-9-21)14-17-6-7-18(19)20-12-17/h2-7,12H,8-11,13-14H2,1H3,(H2,19,20). The molecule has 0 bridgehead atoms. The van der Waals surface area contributed by atoms with Crippen LogP contribution in [0.5, 0.6) is 0 Å². The van der Waals surface area contributed by atoms with Crippen molar-refractivity contribution < 1.29 is 0 Å². The van der Waals surface area contributed by atoms with Crippen molar-refractivity contribution in [3.05, 3.63) is 59.3 Å². The molecule has 2 N–H and O–H groups in total. The summed E-state index contributed by atoms with van der Waals surface area (Å²) in [6.07, 6.45) is 1.88. The second-order valence-corrected chi connectivity index (χ2v) is 6.13. The van der Waals surface area contributed by atoms with Crippen molar-refractivity contribution >= 4 is 5.82 Å². The van der Waals surface area contributed by atoms with Crippen LogP contribution < -0.4 is 5.73 Å². The van der Waals surface area contributed by atoms with Gasteiger partial charge in [0.15, 0.2) is 0 Å². The summed E-state index contributed by atoms with van der Waals surface area (Å²) in [4.78, 5) is 9.18. The Morgan fingerprint density at radius 1 is 0.864 bits per heavy atom. The van der Waals surface area contributed by atoms with Crippen LogP contribution in [0.25, 0.3) is 0 Å². The first-order valence-electron chi connectivity index (χ1n) is 7.90. The third kappa shape index (κ3) is 4.06. The number of nitrogens with two attached hydrogens (primary N) is 1. The van der Waals surface area contributed by atoms with E-state index in [0.717, 1.165) is 39.3 Å². The SMILES string of the molecule is Cc1ccc(CN2CCN(Cc3ccc(N)nc3)CC2)cc1. The Morgan fingerprint density at radius 3 is 1.95 bits per heavy atom. The predicted octanol–water partition coefficient (Wildman–Crippen LogP) is 2.29. The smallest absolute Gasteiger partial charge is 0.123 e. The fourth-order valence-electron chi connectivity index (χ4n) is 2.84. The molecule has 1 aromatic heterocycles. The normalized spacial score (nSPS) is 16.8. The summed E-state index contributed by atoms with van der Waals surface area (Å²) in [7, 11) is 0. The van der Waals surface area contributed by atoms with Gasteiger partial charge in [0.25, 0.3) is 0 Å². The lowest BCUT2D eigenvalue weighted by atomic mass is 10.1. The molecule has 2 aromatic rings. The molecule has 0 aliphatic carbocycles. The van der Waals surface area contributed by atoms with Gasteiger partial charge in [0.05, 0.1) is 0 Å². The Hall–Kier alpha value is -1.91. The van der Waals surface area contributed by atoms with Crippen molar-refractivity contribution in [2.45, 2.75) is 20.0 Å². The highest BCUT2D eigenvalue weighted by Gasteiger charge is 2.17.